The molecule has 156 valence electrons. The quantitative estimate of drug-likeness (QED) is 0.274. The molecule has 2 aromatic carbocycles. The number of nitrogens with zero attached hydrogens (tertiary/aromatic N) is 4. The van der Waals surface area contributed by atoms with Crippen molar-refractivity contribution in [3.05, 3.63) is 70.8 Å². The minimum atomic E-state index is -1.87. The van der Waals surface area contributed by atoms with Crippen molar-refractivity contribution in [3.63, 3.8) is 0 Å². The van der Waals surface area contributed by atoms with E-state index in [0.717, 1.165) is 0 Å². The van der Waals surface area contributed by atoms with Crippen molar-refractivity contribution < 1.29 is 25.5 Å². The molecule has 0 radical (unpaired) electrons. The van der Waals surface area contributed by atoms with Gasteiger partial charge in [-0.05, 0) is 24.3 Å². The number of rotatable bonds is 6. The van der Waals surface area contributed by atoms with Crippen molar-refractivity contribution in [2.24, 2.45) is 0 Å². The number of para-hydroxylation sites is 2. The average molecular weight is 412 g/mol. The van der Waals surface area contributed by atoms with Gasteiger partial charge in [-0.15, -0.1) is 10.2 Å². The number of aliphatic hydroxyl groups excluding tert-OH is 5. The maximum absolute atomic E-state index is 13.2. The van der Waals surface area contributed by atoms with Crippen LogP contribution < -0.4 is 5.56 Å². The van der Waals surface area contributed by atoms with E-state index in [0.29, 0.717) is 16.6 Å². The largest absolute Gasteiger partial charge is 0.394 e. The summed E-state index contributed by atoms with van der Waals surface area (Å²) in [6.45, 7) is -0.804. The van der Waals surface area contributed by atoms with Gasteiger partial charge >= 0.3 is 0 Å². The molecule has 0 unspecified atom stereocenters. The predicted octanol–water partition coefficient (Wildman–Crippen LogP) is -0.858. The van der Waals surface area contributed by atoms with Crippen molar-refractivity contribution in [2.45, 2.75) is 24.4 Å². The van der Waals surface area contributed by atoms with Crippen LogP contribution in [0.15, 0.2) is 59.4 Å². The minimum absolute atomic E-state index is 0.100. The van der Waals surface area contributed by atoms with Crippen LogP contribution in [0.25, 0.3) is 22.4 Å². The summed E-state index contributed by atoms with van der Waals surface area (Å²) >= 11 is 0. The number of benzene rings is 2. The van der Waals surface area contributed by atoms with E-state index in [-0.39, 0.29) is 17.2 Å². The summed E-state index contributed by atoms with van der Waals surface area (Å²) < 4.78 is 2.74. The Labute approximate surface area is 169 Å². The maximum atomic E-state index is 13.2. The van der Waals surface area contributed by atoms with E-state index < -0.39 is 31.0 Å². The number of hydrogen-bond donors (Lipinski definition) is 5. The molecule has 2 aromatic heterocycles. The van der Waals surface area contributed by atoms with Gasteiger partial charge in [0.1, 0.15) is 24.4 Å². The predicted molar refractivity (Wildman–Crippen MR) is 106 cm³/mol. The highest BCUT2D eigenvalue weighted by atomic mass is 16.4. The minimum Gasteiger partial charge on any atom is -0.394 e. The zero-order chi connectivity index (χ0) is 21.4. The first-order chi connectivity index (χ1) is 14.5. The van der Waals surface area contributed by atoms with Gasteiger partial charge in [0.25, 0.3) is 5.56 Å². The second-order valence-corrected chi connectivity index (χ2v) is 6.86. The third-order valence-corrected chi connectivity index (χ3v) is 4.98. The highest BCUT2D eigenvalue weighted by Crippen LogP contribution is 2.24. The van der Waals surface area contributed by atoms with Crippen LogP contribution in [-0.2, 0) is 0 Å². The van der Waals surface area contributed by atoms with Crippen molar-refractivity contribution in [3.8, 4) is 5.69 Å². The van der Waals surface area contributed by atoms with Gasteiger partial charge in [0.15, 0.2) is 5.82 Å². The lowest BCUT2D eigenvalue weighted by Crippen LogP contribution is -2.43. The molecule has 0 aliphatic heterocycles. The molecule has 10 nitrogen and oxygen atoms in total. The number of hydrogen-bond acceptors (Lipinski definition) is 8. The zero-order valence-corrected chi connectivity index (χ0v) is 15.6. The fourth-order valence-corrected chi connectivity index (χ4v) is 3.40. The highest BCUT2D eigenvalue weighted by Gasteiger charge is 2.34. The molecule has 4 aromatic rings. The Morgan fingerprint density at radius 3 is 2.23 bits per heavy atom. The van der Waals surface area contributed by atoms with Crippen LogP contribution in [0.2, 0.25) is 0 Å². The van der Waals surface area contributed by atoms with Crippen molar-refractivity contribution in [2.75, 3.05) is 6.61 Å². The Morgan fingerprint density at radius 2 is 1.53 bits per heavy atom. The Morgan fingerprint density at radius 1 is 0.867 bits per heavy atom. The van der Waals surface area contributed by atoms with Crippen molar-refractivity contribution in [1.29, 1.82) is 0 Å². The smallest absolute Gasteiger partial charge is 0.267 e. The zero-order valence-electron chi connectivity index (χ0n) is 15.6. The second kappa shape index (κ2) is 7.94. The lowest BCUT2D eigenvalue weighted by molar-refractivity contribution is -0.118. The Hall–Kier alpha value is -3.15. The first kappa shape index (κ1) is 20.1. The van der Waals surface area contributed by atoms with Crippen LogP contribution in [0.4, 0.5) is 0 Å². The molecule has 4 atom stereocenters. The van der Waals surface area contributed by atoms with E-state index in [1.165, 1.54) is 8.97 Å². The number of aromatic nitrogens is 4. The van der Waals surface area contributed by atoms with Gasteiger partial charge in [0.05, 0.1) is 23.2 Å². The summed E-state index contributed by atoms with van der Waals surface area (Å²) in [5, 5.41) is 57.9. The molecule has 0 aliphatic rings. The standard InChI is InChI=1S/C20H20N4O6/c25-10-14(26)15(27)16(28)17(29)18-21-22-20-23(11-6-2-1-3-7-11)19(30)12-8-4-5-9-13(12)24(18)20/h1-9,14-17,25-29H,10H2/t14-,15+,16+,17-/m1/s1. The van der Waals surface area contributed by atoms with Gasteiger partial charge in [-0.25, -0.2) is 4.57 Å². The van der Waals surface area contributed by atoms with E-state index in [1.807, 2.05) is 0 Å². The van der Waals surface area contributed by atoms with Crippen LogP contribution in [0.5, 0.6) is 0 Å². The molecule has 2 heterocycles. The number of aliphatic hydroxyl groups is 5. The summed E-state index contributed by atoms with van der Waals surface area (Å²) in [5.74, 6) is -0.0362. The third-order valence-electron chi connectivity index (χ3n) is 4.98. The first-order valence-corrected chi connectivity index (χ1v) is 9.23. The molecule has 4 rings (SSSR count). The summed E-state index contributed by atoms with van der Waals surface area (Å²) in [6, 6.07) is 15.4. The Balaban J connectivity index is 1.98. The average Bonchev–Trinajstić information content (AvgIpc) is 3.22. The molecule has 30 heavy (non-hydrogen) atoms. The van der Waals surface area contributed by atoms with E-state index in [9.17, 15) is 25.2 Å². The molecule has 0 bridgehead atoms. The summed E-state index contributed by atoms with van der Waals surface area (Å²) in [6.07, 6.45) is -7.12. The van der Waals surface area contributed by atoms with E-state index in [4.69, 9.17) is 5.11 Å². The molecule has 0 amide bonds. The lowest BCUT2D eigenvalue weighted by Gasteiger charge is -2.24. The van der Waals surface area contributed by atoms with E-state index >= 15 is 0 Å². The molecule has 0 saturated carbocycles. The molecular weight excluding hydrogens is 392 g/mol. The highest BCUT2D eigenvalue weighted by molar-refractivity contribution is 5.81. The topological polar surface area (TPSA) is 153 Å². The maximum Gasteiger partial charge on any atom is 0.267 e. The van der Waals surface area contributed by atoms with Crippen LogP contribution in [0.1, 0.15) is 11.9 Å². The molecule has 0 fully saturated rings. The van der Waals surface area contributed by atoms with Gasteiger partial charge in [-0.3, -0.25) is 9.20 Å². The van der Waals surface area contributed by atoms with Crippen molar-refractivity contribution >= 4 is 16.7 Å². The van der Waals surface area contributed by atoms with Crippen LogP contribution in [-0.4, -0.2) is 69.6 Å². The fraction of sp³-hybridized carbons (Fsp3) is 0.250. The van der Waals surface area contributed by atoms with Crippen LogP contribution in [0, 0.1) is 0 Å². The first-order valence-electron chi connectivity index (χ1n) is 9.23. The van der Waals surface area contributed by atoms with Gasteiger partial charge in [-0.2, -0.15) is 0 Å². The van der Waals surface area contributed by atoms with Crippen LogP contribution in [0.3, 0.4) is 0 Å². The van der Waals surface area contributed by atoms with E-state index in [2.05, 4.69) is 10.2 Å². The van der Waals surface area contributed by atoms with Crippen molar-refractivity contribution in [1.82, 2.24) is 19.2 Å². The summed E-state index contributed by atoms with van der Waals surface area (Å²) in [4.78, 5) is 13.2. The van der Waals surface area contributed by atoms with Gasteiger partial charge in [0.2, 0.25) is 5.78 Å². The molecule has 0 aliphatic carbocycles. The molecule has 10 heteroatoms. The molecule has 0 saturated heterocycles. The van der Waals surface area contributed by atoms with Crippen LogP contribution >= 0.6 is 0 Å². The van der Waals surface area contributed by atoms with Gasteiger partial charge in [-0.1, -0.05) is 30.3 Å². The van der Waals surface area contributed by atoms with Gasteiger partial charge in [0, 0.05) is 0 Å². The Bertz CT molecular complexity index is 1240. The number of fused-ring (bicyclic) bond motifs is 3. The monoisotopic (exact) mass is 412 g/mol. The fourth-order valence-electron chi connectivity index (χ4n) is 3.40. The third kappa shape index (κ3) is 3.16. The Kier molecular flexibility index (Phi) is 5.33. The molecular formula is C20H20N4O6. The van der Waals surface area contributed by atoms with Gasteiger partial charge < -0.3 is 25.5 Å². The summed E-state index contributed by atoms with van der Waals surface area (Å²) in [5.41, 5.74) is 0.588. The normalized spacial score (nSPS) is 15.9. The molecule has 5 N–H and O–H groups in total. The summed E-state index contributed by atoms with van der Waals surface area (Å²) in [7, 11) is 0. The SMILES string of the molecule is O=c1c2ccccc2n2c([C@H](O)[C@@H](O)[C@@H](O)[C@H](O)CO)nnc2n1-c1ccccc1. The second-order valence-electron chi connectivity index (χ2n) is 6.86. The lowest BCUT2D eigenvalue weighted by atomic mass is 10.0. The molecule has 0 spiro atoms. The van der Waals surface area contributed by atoms with E-state index in [1.54, 1.807) is 54.6 Å².